The van der Waals surface area contributed by atoms with Crippen molar-refractivity contribution in [2.75, 3.05) is 13.1 Å². The molecular weight excluding hydrogens is 218 g/mol. The third kappa shape index (κ3) is 4.34. The van der Waals surface area contributed by atoms with Gasteiger partial charge in [0.15, 0.2) is 0 Å². The molecule has 0 aromatic carbocycles. The number of hydrogen-bond donors (Lipinski definition) is 3. The predicted octanol–water partition coefficient (Wildman–Crippen LogP) is 0.00220. The Morgan fingerprint density at radius 2 is 2.00 bits per heavy atom. The van der Waals surface area contributed by atoms with E-state index in [0.717, 1.165) is 19.3 Å². The number of rotatable bonds is 4. The van der Waals surface area contributed by atoms with Crippen LogP contribution in [0.1, 0.15) is 33.1 Å². The molecule has 0 aliphatic heterocycles. The standard InChI is InChI=1S/C12H23N3O2/c1-3-14-11(16)7-15-12(17)10-5-4-9(13)6-8(10)2/h8-10H,3-7,13H2,1-2H3,(H,14,16)(H,15,17). The van der Waals surface area contributed by atoms with Crippen molar-refractivity contribution in [3.05, 3.63) is 0 Å². The fraction of sp³-hybridized carbons (Fsp3) is 0.833. The smallest absolute Gasteiger partial charge is 0.239 e. The summed E-state index contributed by atoms with van der Waals surface area (Å²) in [5.74, 6) is 0.147. The Labute approximate surface area is 103 Å². The van der Waals surface area contributed by atoms with Gasteiger partial charge in [-0.1, -0.05) is 6.92 Å². The molecule has 1 aliphatic rings. The van der Waals surface area contributed by atoms with Crippen LogP contribution in [-0.2, 0) is 9.59 Å². The summed E-state index contributed by atoms with van der Waals surface area (Å²) >= 11 is 0. The van der Waals surface area contributed by atoms with Crippen LogP contribution >= 0.6 is 0 Å². The van der Waals surface area contributed by atoms with Crippen LogP contribution in [0.4, 0.5) is 0 Å². The van der Waals surface area contributed by atoms with Crippen molar-refractivity contribution in [3.8, 4) is 0 Å². The zero-order valence-electron chi connectivity index (χ0n) is 10.7. The van der Waals surface area contributed by atoms with E-state index in [2.05, 4.69) is 17.6 Å². The second kappa shape index (κ2) is 6.59. The van der Waals surface area contributed by atoms with Crippen molar-refractivity contribution in [1.82, 2.24) is 10.6 Å². The molecule has 0 aromatic heterocycles. The molecule has 98 valence electrons. The molecule has 5 heteroatoms. The third-order valence-corrected chi connectivity index (χ3v) is 3.34. The number of amides is 2. The molecule has 1 rings (SSSR count). The third-order valence-electron chi connectivity index (χ3n) is 3.34. The summed E-state index contributed by atoms with van der Waals surface area (Å²) in [5, 5.41) is 5.34. The van der Waals surface area contributed by atoms with Gasteiger partial charge in [-0.15, -0.1) is 0 Å². The molecule has 1 aliphatic carbocycles. The molecule has 0 aromatic rings. The van der Waals surface area contributed by atoms with Crippen molar-refractivity contribution in [2.24, 2.45) is 17.6 Å². The summed E-state index contributed by atoms with van der Waals surface area (Å²) in [4.78, 5) is 23.1. The van der Waals surface area contributed by atoms with Gasteiger partial charge in [-0.2, -0.15) is 0 Å². The molecular formula is C12H23N3O2. The normalized spacial score (nSPS) is 28.5. The largest absolute Gasteiger partial charge is 0.355 e. The number of likely N-dealkylation sites (N-methyl/N-ethyl adjacent to an activating group) is 1. The molecule has 1 fully saturated rings. The Kier molecular flexibility index (Phi) is 5.41. The molecule has 17 heavy (non-hydrogen) atoms. The molecule has 0 radical (unpaired) electrons. The van der Waals surface area contributed by atoms with Gasteiger partial charge in [-0.05, 0) is 32.1 Å². The van der Waals surface area contributed by atoms with Crippen molar-refractivity contribution in [2.45, 2.75) is 39.2 Å². The van der Waals surface area contributed by atoms with E-state index in [-0.39, 0.29) is 30.3 Å². The van der Waals surface area contributed by atoms with Crippen molar-refractivity contribution < 1.29 is 9.59 Å². The lowest BCUT2D eigenvalue weighted by molar-refractivity contribution is -0.130. The summed E-state index contributed by atoms with van der Waals surface area (Å²) in [6.07, 6.45) is 2.60. The summed E-state index contributed by atoms with van der Waals surface area (Å²) in [6.45, 7) is 4.56. The highest BCUT2D eigenvalue weighted by molar-refractivity contribution is 5.85. The molecule has 0 saturated heterocycles. The quantitative estimate of drug-likeness (QED) is 0.648. The van der Waals surface area contributed by atoms with Gasteiger partial charge in [0.05, 0.1) is 6.54 Å². The van der Waals surface area contributed by atoms with Gasteiger partial charge in [-0.25, -0.2) is 0 Å². The Balaban J connectivity index is 2.34. The minimum Gasteiger partial charge on any atom is -0.355 e. The molecule has 0 heterocycles. The van der Waals surface area contributed by atoms with Crippen molar-refractivity contribution in [1.29, 1.82) is 0 Å². The van der Waals surface area contributed by atoms with Crippen molar-refractivity contribution in [3.63, 3.8) is 0 Å². The number of carbonyl (C=O) groups excluding carboxylic acids is 2. The lowest BCUT2D eigenvalue weighted by atomic mass is 9.78. The number of hydrogen-bond acceptors (Lipinski definition) is 3. The molecule has 3 atom stereocenters. The van der Waals surface area contributed by atoms with E-state index in [1.54, 1.807) is 0 Å². The summed E-state index contributed by atoms with van der Waals surface area (Å²) in [7, 11) is 0. The number of nitrogens with two attached hydrogens (primary N) is 1. The highest BCUT2D eigenvalue weighted by Crippen LogP contribution is 2.28. The Hall–Kier alpha value is -1.10. The van der Waals surface area contributed by atoms with Crippen molar-refractivity contribution >= 4 is 11.8 Å². The minimum atomic E-state index is -0.138. The number of nitrogens with one attached hydrogen (secondary N) is 2. The van der Waals surface area contributed by atoms with Crippen LogP contribution in [-0.4, -0.2) is 30.9 Å². The summed E-state index contributed by atoms with van der Waals surface area (Å²) in [5.41, 5.74) is 5.85. The van der Waals surface area contributed by atoms with Gasteiger partial charge in [-0.3, -0.25) is 9.59 Å². The van der Waals surface area contributed by atoms with E-state index < -0.39 is 0 Å². The van der Waals surface area contributed by atoms with E-state index in [9.17, 15) is 9.59 Å². The summed E-state index contributed by atoms with van der Waals surface area (Å²) in [6, 6.07) is 0.220. The summed E-state index contributed by atoms with van der Waals surface area (Å²) < 4.78 is 0. The van der Waals surface area contributed by atoms with E-state index in [0.29, 0.717) is 12.5 Å². The molecule has 0 bridgehead atoms. The maximum absolute atomic E-state index is 11.9. The van der Waals surface area contributed by atoms with E-state index >= 15 is 0 Å². The van der Waals surface area contributed by atoms with Gasteiger partial charge in [0.25, 0.3) is 0 Å². The van der Waals surface area contributed by atoms with Crippen LogP contribution in [0.25, 0.3) is 0 Å². The predicted molar refractivity (Wildman–Crippen MR) is 66.2 cm³/mol. The SMILES string of the molecule is CCNC(=O)CNC(=O)C1CCC(N)CC1C. The molecule has 3 unspecified atom stereocenters. The lowest BCUT2D eigenvalue weighted by Gasteiger charge is -2.31. The Morgan fingerprint density at radius 1 is 1.29 bits per heavy atom. The van der Waals surface area contributed by atoms with Crippen LogP contribution < -0.4 is 16.4 Å². The number of carbonyl (C=O) groups is 2. The first-order chi connectivity index (χ1) is 8.04. The maximum atomic E-state index is 11.9. The van der Waals surface area contributed by atoms with Crippen LogP contribution in [0.5, 0.6) is 0 Å². The average Bonchev–Trinajstić information content (AvgIpc) is 2.26. The molecule has 2 amide bonds. The van der Waals surface area contributed by atoms with Crippen LogP contribution in [0.3, 0.4) is 0 Å². The van der Waals surface area contributed by atoms with Gasteiger partial charge in [0.1, 0.15) is 0 Å². The first kappa shape index (κ1) is 14.0. The first-order valence-electron chi connectivity index (χ1n) is 6.34. The monoisotopic (exact) mass is 241 g/mol. The van der Waals surface area contributed by atoms with Gasteiger partial charge < -0.3 is 16.4 Å². The van der Waals surface area contributed by atoms with Gasteiger partial charge >= 0.3 is 0 Å². The average molecular weight is 241 g/mol. The lowest BCUT2D eigenvalue weighted by Crippen LogP contribution is -2.44. The highest BCUT2D eigenvalue weighted by Gasteiger charge is 2.30. The van der Waals surface area contributed by atoms with Gasteiger partial charge in [0, 0.05) is 18.5 Å². The first-order valence-corrected chi connectivity index (χ1v) is 6.34. The van der Waals surface area contributed by atoms with Crippen LogP contribution in [0.2, 0.25) is 0 Å². The minimum absolute atomic E-state index is 0.00391. The molecule has 1 saturated carbocycles. The van der Waals surface area contributed by atoms with Crippen LogP contribution in [0.15, 0.2) is 0 Å². The van der Waals surface area contributed by atoms with Gasteiger partial charge in [0.2, 0.25) is 11.8 Å². The van der Waals surface area contributed by atoms with E-state index in [1.165, 1.54) is 0 Å². The zero-order chi connectivity index (χ0) is 12.8. The van der Waals surface area contributed by atoms with E-state index in [4.69, 9.17) is 5.73 Å². The maximum Gasteiger partial charge on any atom is 0.239 e. The Morgan fingerprint density at radius 3 is 2.59 bits per heavy atom. The zero-order valence-corrected chi connectivity index (χ0v) is 10.7. The fourth-order valence-electron chi connectivity index (χ4n) is 2.39. The fourth-order valence-corrected chi connectivity index (χ4v) is 2.39. The Bertz CT molecular complexity index is 281. The van der Waals surface area contributed by atoms with E-state index in [1.807, 2.05) is 6.92 Å². The van der Waals surface area contributed by atoms with Crippen LogP contribution in [0, 0.1) is 11.8 Å². The molecule has 0 spiro atoms. The molecule has 5 nitrogen and oxygen atoms in total. The topological polar surface area (TPSA) is 84.2 Å². The second-order valence-electron chi connectivity index (χ2n) is 4.83. The second-order valence-corrected chi connectivity index (χ2v) is 4.83. The molecule has 4 N–H and O–H groups in total. The highest BCUT2D eigenvalue weighted by atomic mass is 16.2.